The lowest BCUT2D eigenvalue weighted by Crippen LogP contribution is -2.37. The van der Waals surface area contributed by atoms with Gasteiger partial charge in [0.15, 0.2) is 0 Å². The zero-order chi connectivity index (χ0) is 13.1. The van der Waals surface area contributed by atoms with Crippen LogP contribution in [0, 0.1) is 5.92 Å². The van der Waals surface area contributed by atoms with Crippen LogP contribution in [0.4, 0.5) is 5.69 Å². The third-order valence-electron chi connectivity index (χ3n) is 3.63. The fourth-order valence-corrected chi connectivity index (χ4v) is 2.96. The number of hydrogen-bond donors (Lipinski definition) is 2. The molecule has 6 heteroatoms. The first-order chi connectivity index (χ1) is 8.63. The standard InChI is InChI=1S/C12H19BrN4O/c1-17-12(18)11(13)10(7-15-17)16-9-5-3-2-4-8(9)6-14/h7-9,16H,2-6,14H2,1H3. The van der Waals surface area contributed by atoms with Crippen LogP contribution in [-0.4, -0.2) is 22.4 Å². The molecule has 1 aromatic heterocycles. The van der Waals surface area contributed by atoms with E-state index < -0.39 is 0 Å². The van der Waals surface area contributed by atoms with Gasteiger partial charge in [0.1, 0.15) is 4.47 Å². The maximum atomic E-state index is 11.8. The van der Waals surface area contributed by atoms with E-state index in [0.29, 0.717) is 23.0 Å². The minimum atomic E-state index is -0.125. The lowest BCUT2D eigenvalue weighted by molar-refractivity contribution is 0.332. The van der Waals surface area contributed by atoms with E-state index in [1.54, 1.807) is 13.2 Å². The lowest BCUT2D eigenvalue weighted by Gasteiger charge is -2.32. The fourth-order valence-electron chi connectivity index (χ4n) is 2.49. The van der Waals surface area contributed by atoms with Crippen molar-refractivity contribution < 1.29 is 0 Å². The van der Waals surface area contributed by atoms with E-state index >= 15 is 0 Å². The molecule has 1 aromatic rings. The molecule has 0 amide bonds. The summed E-state index contributed by atoms with van der Waals surface area (Å²) in [5.74, 6) is 0.481. The summed E-state index contributed by atoms with van der Waals surface area (Å²) in [7, 11) is 1.64. The Bertz CT molecular complexity index is 474. The summed E-state index contributed by atoms with van der Waals surface area (Å²) in [4.78, 5) is 11.8. The van der Waals surface area contributed by atoms with Gasteiger partial charge in [-0.25, -0.2) is 4.68 Å². The van der Waals surface area contributed by atoms with E-state index in [-0.39, 0.29) is 5.56 Å². The Balaban J connectivity index is 2.18. The summed E-state index contributed by atoms with van der Waals surface area (Å²) in [6, 6.07) is 0.342. The molecule has 2 unspecified atom stereocenters. The first kappa shape index (κ1) is 13.5. The van der Waals surface area contributed by atoms with Gasteiger partial charge in [0.2, 0.25) is 0 Å². The molecule has 1 fully saturated rings. The van der Waals surface area contributed by atoms with Crippen molar-refractivity contribution in [3.8, 4) is 0 Å². The number of halogens is 1. The molecule has 0 radical (unpaired) electrons. The molecule has 2 atom stereocenters. The molecule has 18 heavy (non-hydrogen) atoms. The van der Waals surface area contributed by atoms with Gasteiger partial charge in [-0.05, 0) is 41.2 Å². The number of nitrogens with one attached hydrogen (secondary N) is 1. The number of nitrogens with two attached hydrogens (primary N) is 1. The molecule has 1 heterocycles. The summed E-state index contributed by atoms with van der Waals surface area (Å²) in [6.45, 7) is 0.688. The second kappa shape index (κ2) is 5.84. The molecule has 0 aliphatic heterocycles. The van der Waals surface area contributed by atoms with Crippen LogP contribution >= 0.6 is 15.9 Å². The highest BCUT2D eigenvalue weighted by atomic mass is 79.9. The Morgan fingerprint density at radius 3 is 3.00 bits per heavy atom. The molecule has 0 aromatic carbocycles. The fraction of sp³-hybridized carbons (Fsp3) is 0.667. The monoisotopic (exact) mass is 314 g/mol. The molecule has 2 rings (SSSR count). The quantitative estimate of drug-likeness (QED) is 0.886. The van der Waals surface area contributed by atoms with Gasteiger partial charge >= 0.3 is 0 Å². The van der Waals surface area contributed by atoms with Crippen LogP contribution in [0.3, 0.4) is 0 Å². The molecular weight excluding hydrogens is 296 g/mol. The Morgan fingerprint density at radius 2 is 2.28 bits per heavy atom. The first-order valence-electron chi connectivity index (χ1n) is 6.32. The average molecular weight is 315 g/mol. The van der Waals surface area contributed by atoms with Gasteiger partial charge in [0, 0.05) is 13.1 Å². The molecule has 1 saturated carbocycles. The Hall–Kier alpha value is -0.880. The Labute approximate surface area is 115 Å². The van der Waals surface area contributed by atoms with Gasteiger partial charge in [-0.3, -0.25) is 4.79 Å². The van der Waals surface area contributed by atoms with E-state index in [0.717, 1.165) is 18.5 Å². The molecule has 0 spiro atoms. The number of rotatable bonds is 3. The summed E-state index contributed by atoms with van der Waals surface area (Å²) in [5.41, 5.74) is 6.45. The van der Waals surface area contributed by atoms with Crippen LogP contribution in [0.25, 0.3) is 0 Å². The summed E-state index contributed by atoms with van der Waals surface area (Å²) in [5, 5.41) is 7.45. The number of nitrogens with zero attached hydrogens (tertiary/aromatic N) is 2. The maximum absolute atomic E-state index is 11.8. The number of anilines is 1. The first-order valence-corrected chi connectivity index (χ1v) is 7.11. The Kier molecular flexibility index (Phi) is 4.40. The van der Waals surface area contributed by atoms with Gasteiger partial charge in [-0.2, -0.15) is 5.10 Å². The summed E-state index contributed by atoms with van der Waals surface area (Å²) >= 11 is 3.33. The molecule has 0 saturated heterocycles. The van der Waals surface area contributed by atoms with Crippen LogP contribution in [0.1, 0.15) is 25.7 Å². The smallest absolute Gasteiger partial charge is 0.282 e. The molecule has 3 N–H and O–H groups in total. The van der Waals surface area contributed by atoms with Crippen molar-refractivity contribution in [2.45, 2.75) is 31.7 Å². The molecule has 100 valence electrons. The highest BCUT2D eigenvalue weighted by Gasteiger charge is 2.24. The largest absolute Gasteiger partial charge is 0.380 e. The topological polar surface area (TPSA) is 72.9 Å². The van der Waals surface area contributed by atoms with Crippen LogP contribution in [-0.2, 0) is 7.05 Å². The van der Waals surface area contributed by atoms with Crippen LogP contribution in [0.2, 0.25) is 0 Å². The van der Waals surface area contributed by atoms with Crippen LogP contribution in [0.5, 0.6) is 0 Å². The second-order valence-corrected chi connectivity index (χ2v) is 5.63. The predicted octanol–water partition coefficient (Wildman–Crippen LogP) is 1.47. The zero-order valence-electron chi connectivity index (χ0n) is 10.5. The van der Waals surface area contributed by atoms with E-state index in [1.165, 1.54) is 17.5 Å². The van der Waals surface area contributed by atoms with Crippen molar-refractivity contribution in [2.75, 3.05) is 11.9 Å². The van der Waals surface area contributed by atoms with Crippen molar-refractivity contribution in [1.29, 1.82) is 0 Å². The van der Waals surface area contributed by atoms with Crippen LogP contribution < -0.4 is 16.6 Å². The minimum Gasteiger partial charge on any atom is -0.380 e. The van der Waals surface area contributed by atoms with E-state index in [4.69, 9.17) is 5.73 Å². The number of aryl methyl sites for hydroxylation is 1. The SMILES string of the molecule is Cn1ncc(NC2CCCCC2CN)c(Br)c1=O. The van der Waals surface area contributed by atoms with Gasteiger partial charge < -0.3 is 11.1 Å². The highest BCUT2D eigenvalue weighted by Crippen LogP contribution is 2.28. The Morgan fingerprint density at radius 1 is 1.56 bits per heavy atom. The molecule has 1 aliphatic carbocycles. The van der Waals surface area contributed by atoms with Gasteiger partial charge in [0.05, 0.1) is 11.9 Å². The molecule has 0 bridgehead atoms. The van der Waals surface area contributed by atoms with Crippen molar-refractivity contribution in [3.05, 3.63) is 21.0 Å². The van der Waals surface area contributed by atoms with Crippen molar-refractivity contribution in [1.82, 2.24) is 9.78 Å². The normalized spacial score (nSPS) is 23.9. The summed E-state index contributed by atoms with van der Waals surface area (Å²) in [6.07, 6.45) is 6.40. The van der Waals surface area contributed by atoms with Crippen molar-refractivity contribution in [2.24, 2.45) is 18.7 Å². The molecular formula is C12H19BrN4O. The molecule has 1 aliphatic rings. The van der Waals surface area contributed by atoms with Gasteiger partial charge in [-0.15, -0.1) is 0 Å². The molecule has 5 nitrogen and oxygen atoms in total. The highest BCUT2D eigenvalue weighted by molar-refractivity contribution is 9.10. The van der Waals surface area contributed by atoms with E-state index in [2.05, 4.69) is 26.3 Å². The van der Waals surface area contributed by atoms with Crippen molar-refractivity contribution in [3.63, 3.8) is 0 Å². The van der Waals surface area contributed by atoms with E-state index in [9.17, 15) is 4.79 Å². The second-order valence-electron chi connectivity index (χ2n) is 4.83. The predicted molar refractivity (Wildman–Crippen MR) is 75.6 cm³/mol. The lowest BCUT2D eigenvalue weighted by atomic mass is 9.84. The van der Waals surface area contributed by atoms with Crippen LogP contribution in [0.15, 0.2) is 15.5 Å². The average Bonchev–Trinajstić information content (AvgIpc) is 2.40. The minimum absolute atomic E-state index is 0.125. The number of aromatic nitrogens is 2. The van der Waals surface area contributed by atoms with E-state index in [1.807, 2.05) is 0 Å². The zero-order valence-corrected chi connectivity index (χ0v) is 12.1. The van der Waals surface area contributed by atoms with Gasteiger partial charge in [-0.1, -0.05) is 12.8 Å². The number of hydrogen-bond acceptors (Lipinski definition) is 4. The third kappa shape index (κ3) is 2.75. The van der Waals surface area contributed by atoms with Crippen molar-refractivity contribution >= 4 is 21.6 Å². The maximum Gasteiger partial charge on any atom is 0.282 e. The third-order valence-corrected chi connectivity index (χ3v) is 4.40. The van der Waals surface area contributed by atoms with Gasteiger partial charge in [0.25, 0.3) is 5.56 Å². The summed E-state index contributed by atoms with van der Waals surface area (Å²) < 4.78 is 1.86.